The summed E-state index contributed by atoms with van der Waals surface area (Å²) < 4.78 is 7.16. The summed E-state index contributed by atoms with van der Waals surface area (Å²) >= 11 is 1.76. The van der Waals surface area contributed by atoms with E-state index in [0.29, 0.717) is 0 Å². The highest BCUT2D eigenvalue weighted by atomic mass is 32.1. The van der Waals surface area contributed by atoms with Crippen molar-refractivity contribution in [1.29, 1.82) is 0 Å². The summed E-state index contributed by atoms with van der Waals surface area (Å²) in [7, 11) is 0. The van der Waals surface area contributed by atoms with Crippen LogP contribution in [-0.2, 0) is 0 Å². The molecule has 0 radical (unpaired) electrons. The van der Waals surface area contributed by atoms with E-state index in [0.717, 1.165) is 44.0 Å². The van der Waals surface area contributed by atoms with Crippen LogP contribution < -0.4 is 0 Å². The summed E-state index contributed by atoms with van der Waals surface area (Å²) in [6.07, 6.45) is 1.71. The van der Waals surface area contributed by atoms with Gasteiger partial charge in [-0.05, 0) is 54.1 Å². The van der Waals surface area contributed by atoms with E-state index in [4.69, 9.17) is 9.97 Å². The maximum absolute atomic E-state index is 4.92. The van der Waals surface area contributed by atoms with Crippen LogP contribution in [-0.4, -0.2) is 19.1 Å². The summed E-state index contributed by atoms with van der Waals surface area (Å²) in [4.78, 5) is 9.66. The average Bonchev–Trinajstić information content (AvgIpc) is 3.85. The topological polar surface area (TPSA) is 35.6 Å². The summed E-state index contributed by atoms with van der Waals surface area (Å²) in [5.74, 6) is 0. The Kier molecular flexibility index (Phi) is 6.09. The molecule has 0 fully saturated rings. The van der Waals surface area contributed by atoms with E-state index < -0.39 is 0 Å². The predicted molar refractivity (Wildman–Crippen MR) is 214 cm³/mol. The van der Waals surface area contributed by atoms with Crippen molar-refractivity contribution >= 4 is 75.3 Å². The van der Waals surface area contributed by atoms with Gasteiger partial charge in [0.05, 0.1) is 43.7 Å². The molecule has 0 saturated heterocycles. The number of hydrogen-bond donors (Lipinski definition) is 0. The first kappa shape index (κ1) is 28.3. The first-order valence-electron chi connectivity index (χ1n) is 17.2. The van der Waals surface area contributed by atoms with Gasteiger partial charge in [0.15, 0.2) is 0 Å². The second kappa shape index (κ2) is 11.0. The SMILES string of the molecule is c1ccc(-c2ncnc3c2sc2ccccc23)c(-c2ccccc2-n2c3ccccc3c3cc(-n4c5ccccc5c5ccccc54)ccc32)c1. The number of aromatic nitrogens is 4. The minimum Gasteiger partial charge on any atom is -0.309 e. The number of nitrogens with zero attached hydrogens (tertiary/aromatic N) is 4. The van der Waals surface area contributed by atoms with Gasteiger partial charge in [-0.1, -0.05) is 115 Å². The zero-order valence-electron chi connectivity index (χ0n) is 27.4. The molecule has 0 spiro atoms. The molecular weight excluding hydrogens is 641 g/mol. The number of benzene rings is 7. The largest absolute Gasteiger partial charge is 0.309 e. The summed E-state index contributed by atoms with van der Waals surface area (Å²) in [5, 5.41) is 6.14. The number of para-hydroxylation sites is 4. The lowest BCUT2D eigenvalue weighted by Crippen LogP contribution is -1.99. The molecule has 5 heteroatoms. The van der Waals surface area contributed by atoms with Crippen LogP contribution in [0.1, 0.15) is 0 Å². The molecule has 11 aromatic rings. The van der Waals surface area contributed by atoms with E-state index in [1.165, 1.54) is 53.7 Å². The Bertz CT molecular complexity index is 3110. The van der Waals surface area contributed by atoms with Crippen LogP contribution in [0.4, 0.5) is 0 Å². The van der Waals surface area contributed by atoms with Crippen molar-refractivity contribution < 1.29 is 0 Å². The molecule has 4 heterocycles. The molecule has 0 unspecified atom stereocenters. The molecule has 0 aliphatic rings. The van der Waals surface area contributed by atoms with Crippen LogP contribution in [0.2, 0.25) is 0 Å². The van der Waals surface area contributed by atoms with Crippen molar-refractivity contribution in [2.75, 3.05) is 0 Å². The molecule has 0 atom stereocenters. The predicted octanol–water partition coefficient (Wildman–Crippen LogP) is 12.4. The lowest BCUT2D eigenvalue weighted by Gasteiger charge is -2.17. The fourth-order valence-electron chi connectivity index (χ4n) is 8.10. The Hall–Kier alpha value is -6.56. The fourth-order valence-corrected chi connectivity index (χ4v) is 9.26. The maximum atomic E-state index is 4.92. The zero-order chi connectivity index (χ0) is 33.5. The van der Waals surface area contributed by atoms with Gasteiger partial charge in [0.25, 0.3) is 0 Å². The normalized spacial score (nSPS) is 11.9. The van der Waals surface area contributed by atoms with E-state index in [-0.39, 0.29) is 0 Å². The number of thiophene rings is 1. The van der Waals surface area contributed by atoms with Crippen molar-refractivity contribution in [3.8, 4) is 33.8 Å². The molecule has 51 heavy (non-hydrogen) atoms. The Morgan fingerprint density at radius 3 is 1.71 bits per heavy atom. The van der Waals surface area contributed by atoms with Gasteiger partial charge in [-0.2, -0.15) is 0 Å². The Balaban J connectivity index is 1.15. The first-order chi connectivity index (χ1) is 25.3. The van der Waals surface area contributed by atoms with E-state index >= 15 is 0 Å². The van der Waals surface area contributed by atoms with E-state index in [1.54, 1.807) is 17.7 Å². The van der Waals surface area contributed by atoms with Crippen LogP contribution >= 0.6 is 11.3 Å². The first-order valence-corrected chi connectivity index (χ1v) is 18.0. The van der Waals surface area contributed by atoms with Crippen LogP contribution in [0.15, 0.2) is 170 Å². The van der Waals surface area contributed by atoms with Gasteiger partial charge in [0.1, 0.15) is 6.33 Å². The Morgan fingerprint density at radius 1 is 0.412 bits per heavy atom. The highest BCUT2D eigenvalue weighted by Gasteiger charge is 2.21. The molecule has 0 N–H and O–H groups in total. The molecule has 0 bridgehead atoms. The molecule has 238 valence electrons. The van der Waals surface area contributed by atoms with Gasteiger partial charge in [0, 0.05) is 48.4 Å². The third kappa shape index (κ3) is 4.13. The summed E-state index contributed by atoms with van der Waals surface area (Å²) in [5.41, 5.74) is 12.4. The van der Waals surface area contributed by atoms with Crippen LogP contribution in [0, 0.1) is 0 Å². The average molecular weight is 669 g/mol. The molecule has 0 saturated carbocycles. The van der Waals surface area contributed by atoms with Crippen LogP contribution in [0.25, 0.3) is 97.7 Å². The van der Waals surface area contributed by atoms with Crippen molar-refractivity contribution in [3.63, 3.8) is 0 Å². The quantitative estimate of drug-likeness (QED) is 0.187. The third-order valence-corrected chi connectivity index (χ3v) is 11.4. The number of rotatable bonds is 4. The summed E-state index contributed by atoms with van der Waals surface area (Å²) in [6, 6.07) is 59.0. The van der Waals surface area contributed by atoms with Gasteiger partial charge in [-0.15, -0.1) is 11.3 Å². The van der Waals surface area contributed by atoms with Crippen LogP contribution in [0.5, 0.6) is 0 Å². The van der Waals surface area contributed by atoms with Gasteiger partial charge in [0.2, 0.25) is 0 Å². The molecule has 0 aliphatic heterocycles. The third-order valence-electron chi connectivity index (χ3n) is 10.3. The molecule has 0 amide bonds. The molecule has 11 rings (SSSR count). The Morgan fingerprint density at radius 2 is 0.961 bits per heavy atom. The second-order valence-corrected chi connectivity index (χ2v) is 14.0. The standard InChI is InChI=1S/C46H28N4S/c1-2-18-35(44-46-45(48-28-47-44)36-19-7-12-24-43(36)51-46)30(13-1)31-14-3-10-22-40(31)50-41-23-11-6-17-34(41)37-27-29(25-26-42(37)50)49-38-20-8-4-15-32(38)33-16-5-9-21-39(33)49/h1-28H. The Labute approximate surface area is 297 Å². The number of fused-ring (bicyclic) bond motifs is 9. The molecule has 7 aromatic carbocycles. The maximum Gasteiger partial charge on any atom is 0.116 e. The van der Waals surface area contributed by atoms with Gasteiger partial charge < -0.3 is 9.13 Å². The minimum atomic E-state index is 0.963. The lowest BCUT2D eigenvalue weighted by molar-refractivity contribution is 1.17. The van der Waals surface area contributed by atoms with Crippen LogP contribution in [0.3, 0.4) is 0 Å². The van der Waals surface area contributed by atoms with Crippen molar-refractivity contribution in [2.45, 2.75) is 0 Å². The van der Waals surface area contributed by atoms with Gasteiger partial charge in [-0.3, -0.25) is 0 Å². The van der Waals surface area contributed by atoms with Gasteiger partial charge >= 0.3 is 0 Å². The summed E-state index contributed by atoms with van der Waals surface area (Å²) in [6.45, 7) is 0. The van der Waals surface area contributed by atoms with Crippen molar-refractivity contribution in [2.24, 2.45) is 0 Å². The second-order valence-electron chi connectivity index (χ2n) is 13.0. The highest BCUT2D eigenvalue weighted by Crippen LogP contribution is 2.43. The molecule has 4 aromatic heterocycles. The van der Waals surface area contributed by atoms with Crippen molar-refractivity contribution in [3.05, 3.63) is 170 Å². The fraction of sp³-hybridized carbons (Fsp3) is 0. The van der Waals surface area contributed by atoms with Gasteiger partial charge in [-0.25, -0.2) is 9.97 Å². The van der Waals surface area contributed by atoms with Crippen molar-refractivity contribution in [1.82, 2.24) is 19.1 Å². The van der Waals surface area contributed by atoms with E-state index in [1.807, 2.05) is 0 Å². The van der Waals surface area contributed by atoms with E-state index in [2.05, 4.69) is 173 Å². The minimum absolute atomic E-state index is 0.963. The highest BCUT2D eigenvalue weighted by molar-refractivity contribution is 7.26. The number of hydrogen-bond acceptors (Lipinski definition) is 3. The molecular formula is C46H28N4S. The molecule has 0 aliphatic carbocycles. The zero-order valence-corrected chi connectivity index (χ0v) is 28.2. The van der Waals surface area contributed by atoms with E-state index in [9.17, 15) is 0 Å². The monoisotopic (exact) mass is 668 g/mol. The lowest BCUT2D eigenvalue weighted by atomic mass is 9.95. The smallest absolute Gasteiger partial charge is 0.116 e. The molecule has 4 nitrogen and oxygen atoms in total.